The molecule has 0 N–H and O–H groups in total. The van der Waals surface area contributed by atoms with Crippen molar-refractivity contribution in [1.82, 2.24) is 14.3 Å². The first kappa shape index (κ1) is 22.7. The second kappa shape index (κ2) is 6.49. The van der Waals surface area contributed by atoms with Crippen molar-refractivity contribution in [3.8, 4) is 5.82 Å². The van der Waals surface area contributed by atoms with Crippen LogP contribution in [0.15, 0.2) is 24.5 Å². The molecule has 1 saturated heterocycles. The van der Waals surface area contributed by atoms with Crippen molar-refractivity contribution < 1.29 is 40.0 Å². The summed E-state index contributed by atoms with van der Waals surface area (Å²) < 4.78 is 106. The average molecular weight is 441 g/mol. The summed E-state index contributed by atoms with van der Waals surface area (Å²) in [5.41, 5.74) is -8.06. The molecule has 13 heteroatoms. The van der Waals surface area contributed by atoms with E-state index in [2.05, 4.69) is 5.10 Å². The van der Waals surface area contributed by atoms with Crippen molar-refractivity contribution in [2.45, 2.75) is 56.9 Å². The number of hydrogen-bond acceptors (Lipinski definition) is 3. The van der Waals surface area contributed by atoms with Gasteiger partial charge in [-0.2, -0.15) is 31.4 Å². The third-order valence-corrected chi connectivity index (χ3v) is 5.59. The molecule has 0 atom stereocenters. The van der Waals surface area contributed by atoms with Crippen LogP contribution in [0, 0.1) is 0 Å². The van der Waals surface area contributed by atoms with Gasteiger partial charge in [-0.25, -0.2) is 9.07 Å². The van der Waals surface area contributed by atoms with Gasteiger partial charge in [-0.15, -0.1) is 0 Å². The molecular weight excluding hydrogens is 422 g/mol. The highest BCUT2D eigenvalue weighted by Crippen LogP contribution is 2.53. The highest BCUT2D eigenvalue weighted by molar-refractivity contribution is 6.62. The van der Waals surface area contributed by atoms with Crippen molar-refractivity contribution in [2.24, 2.45) is 7.05 Å². The van der Waals surface area contributed by atoms with Gasteiger partial charge in [0.15, 0.2) is 0 Å². The Morgan fingerprint density at radius 2 is 1.40 bits per heavy atom. The van der Waals surface area contributed by atoms with Crippen molar-refractivity contribution in [1.29, 1.82) is 0 Å². The molecule has 1 aliphatic rings. The fourth-order valence-corrected chi connectivity index (χ4v) is 3.09. The lowest BCUT2D eigenvalue weighted by molar-refractivity contribution is -0.350. The molecule has 0 aliphatic carbocycles. The third kappa shape index (κ3) is 3.22. The maximum Gasteiger partial charge on any atom is 0.498 e. The van der Waals surface area contributed by atoms with Crippen LogP contribution in [0.5, 0.6) is 0 Å². The van der Waals surface area contributed by atoms with Crippen LogP contribution in [0.3, 0.4) is 0 Å². The van der Waals surface area contributed by atoms with E-state index >= 15 is 0 Å². The summed E-state index contributed by atoms with van der Waals surface area (Å²) in [5.74, 6) is -0.205. The van der Waals surface area contributed by atoms with Gasteiger partial charge >= 0.3 is 25.1 Å². The molecule has 0 bridgehead atoms. The molecule has 0 saturated carbocycles. The lowest BCUT2D eigenvalue weighted by Crippen LogP contribution is -2.51. The monoisotopic (exact) mass is 441 g/mol. The van der Waals surface area contributed by atoms with E-state index in [9.17, 15) is 30.7 Å². The molecule has 0 spiro atoms. The van der Waals surface area contributed by atoms with E-state index in [1.54, 1.807) is 0 Å². The minimum Gasteiger partial charge on any atom is -0.399 e. The van der Waals surface area contributed by atoms with Gasteiger partial charge in [0.25, 0.3) is 0 Å². The third-order valence-electron chi connectivity index (χ3n) is 5.59. The Labute approximate surface area is 167 Å². The molecule has 2 aromatic rings. The topological polar surface area (TPSA) is 41.2 Å². The van der Waals surface area contributed by atoms with Crippen LogP contribution in [-0.4, -0.2) is 45.0 Å². The minimum atomic E-state index is -6.20. The van der Waals surface area contributed by atoms with Gasteiger partial charge in [-0.05, 0) is 39.8 Å². The first-order valence-corrected chi connectivity index (χ1v) is 8.81. The Morgan fingerprint density at radius 3 is 1.87 bits per heavy atom. The summed E-state index contributed by atoms with van der Waals surface area (Å²) in [7, 11) is 0.0567. The smallest absolute Gasteiger partial charge is 0.399 e. The Hall–Kier alpha value is -2.02. The number of alkyl halides is 7. The summed E-state index contributed by atoms with van der Waals surface area (Å²) >= 11 is 0. The maximum absolute atomic E-state index is 14.4. The summed E-state index contributed by atoms with van der Waals surface area (Å²) in [6.45, 7) is 7.26. The zero-order chi connectivity index (χ0) is 22.9. The number of aromatic nitrogens is 3. The van der Waals surface area contributed by atoms with Crippen molar-refractivity contribution in [3.63, 3.8) is 0 Å². The molecule has 0 amide bonds. The standard InChI is InChI=1S/C17H19BF7N3O2/c1-13(2)14(3,4)30-18(29-13)10-8-26-28(9-10)12-7-6-11(27(12)5)15(19,16(20,21)22)17(23,24)25/h6-9H,1-5H3. The maximum atomic E-state index is 14.4. The van der Waals surface area contributed by atoms with Crippen LogP contribution in [0.2, 0.25) is 0 Å². The van der Waals surface area contributed by atoms with Crippen molar-refractivity contribution in [3.05, 3.63) is 30.2 Å². The molecule has 3 rings (SSSR count). The van der Waals surface area contributed by atoms with E-state index in [-0.39, 0.29) is 5.82 Å². The quantitative estimate of drug-likeness (QED) is 0.538. The molecule has 0 aromatic carbocycles. The summed E-state index contributed by atoms with van der Waals surface area (Å²) in [4.78, 5) is 0. The van der Waals surface area contributed by atoms with Gasteiger partial charge in [0, 0.05) is 24.9 Å². The number of rotatable bonds is 3. The molecule has 1 aliphatic heterocycles. The van der Waals surface area contributed by atoms with E-state index in [4.69, 9.17) is 9.31 Å². The Bertz CT molecular complexity index is 916. The van der Waals surface area contributed by atoms with Crippen LogP contribution in [0.25, 0.3) is 5.82 Å². The predicted molar refractivity (Wildman–Crippen MR) is 93.1 cm³/mol. The van der Waals surface area contributed by atoms with Crippen molar-refractivity contribution in [2.75, 3.05) is 0 Å². The lowest BCUT2D eigenvalue weighted by atomic mass is 9.82. The summed E-state index contributed by atoms with van der Waals surface area (Å²) in [6.07, 6.45) is -9.76. The van der Waals surface area contributed by atoms with Gasteiger partial charge < -0.3 is 13.9 Å². The van der Waals surface area contributed by atoms with Gasteiger partial charge in [0.05, 0.1) is 16.9 Å². The first-order chi connectivity index (χ1) is 13.4. The molecule has 1 fully saturated rings. The Kier molecular flexibility index (Phi) is 4.90. The molecule has 3 heterocycles. The van der Waals surface area contributed by atoms with Crippen molar-refractivity contribution >= 4 is 12.6 Å². The molecule has 0 radical (unpaired) electrons. The molecule has 166 valence electrons. The van der Waals surface area contributed by atoms with Crippen LogP contribution in [-0.2, 0) is 22.0 Å². The molecule has 5 nitrogen and oxygen atoms in total. The average Bonchev–Trinajstić information content (AvgIpc) is 3.21. The largest absolute Gasteiger partial charge is 0.498 e. The van der Waals surface area contributed by atoms with E-state index in [0.29, 0.717) is 16.1 Å². The lowest BCUT2D eigenvalue weighted by Gasteiger charge is -2.32. The number of halogens is 7. The molecule has 0 unspecified atom stereocenters. The Morgan fingerprint density at radius 1 is 0.900 bits per heavy atom. The van der Waals surface area contributed by atoms with Crippen LogP contribution in [0.4, 0.5) is 30.7 Å². The van der Waals surface area contributed by atoms with E-state index < -0.39 is 42.0 Å². The molecular formula is C17H19BF7N3O2. The van der Waals surface area contributed by atoms with Crippen LogP contribution < -0.4 is 5.46 Å². The SMILES string of the molecule is Cn1c(-n2cc(B3OC(C)(C)C(C)(C)O3)cn2)ccc1C(F)(C(F)(F)F)C(F)(F)F. The zero-order valence-electron chi connectivity index (χ0n) is 16.7. The van der Waals surface area contributed by atoms with E-state index in [1.165, 1.54) is 12.4 Å². The second-order valence-electron chi connectivity index (χ2n) is 8.10. The minimum absolute atomic E-state index is 0.205. The van der Waals surface area contributed by atoms with E-state index in [1.807, 2.05) is 27.7 Å². The Balaban J connectivity index is 1.99. The van der Waals surface area contributed by atoms with Gasteiger partial charge in [0.1, 0.15) is 5.82 Å². The fourth-order valence-electron chi connectivity index (χ4n) is 3.09. The predicted octanol–water partition coefficient (Wildman–Crippen LogP) is 3.80. The van der Waals surface area contributed by atoms with Gasteiger partial charge in [-0.1, -0.05) is 0 Å². The van der Waals surface area contributed by atoms with E-state index in [0.717, 1.165) is 17.8 Å². The molecule has 30 heavy (non-hydrogen) atoms. The van der Waals surface area contributed by atoms with Crippen LogP contribution >= 0.6 is 0 Å². The second-order valence-corrected chi connectivity index (χ2v) is 8.10. The normalized spacial score (nSPS) is 19.5. The fraction of sp³-hybridized carbons (Fsp3) is 0.588. The zero-order valence-corrected chi connectivity index (χ0v) is 16.7. The number of hydrogen-bond donors (Lipinski definition) is 0. The first-order valence-electron chi connectivity index (χ1n) is 8.81. The van der Waals surface area contributed by atoms with Crippen LogP contribution in [0.1, 0.15) is 33.4 Å². The van der Waals surface area contributed by atoms with Gasteiger partial charge in [-0.3, -0.25) is 0 Å². The molecule has 2 aromatic heterocycles. The highest BCUT2D eigenvalue weighted by atomic mass is 19.4. The highest BCUT2D eigenvalue weighted by Gasteiger charge is 2.74. The number of nitrogens with zero attached hydrogens (tertiary/aromatic N) is 3. The van der Waals surface area contributed by atoms with Gasteiger partial charge in [0.2, 0.25) is 0 Å². The summed E-state index contributed by atoms with van der Waals surface area (Å²) in [6, 6.07) is 1.36. The summed E-state index contributed by atoms with van der Waals surface area (Å²) in [5, 5.41) is 3.96.